The lowest BCUT2D eigenvalue weighted by Gasteiger charge is -2.18. The van der Waals surface area contributed by atoms with Gasteiger partial charge in [-0.2, -0.15) is 0 Å². The number of anilines is 2. The van der Waals surface area contributed by atoms with E-state index in [2.05, 4.69) is 0 Å². The summed E-state index contributed by atoms with van der Waals surface area (Å²) in [5.74, 6) is -0.0750. The highest BCUT2D eigenvalue weighted by atomic mass is 32.2. The summed E-state index contributed by atoms with van der Waals surface area (Å²) < 4.78 is 11.8. The zero-order chi connectivity index (χ0) is 13.7. The summed E-state index contributed by atoms with van der Waals surface area (Å²) in [6, 6.07) is 7.04. The standard InChI is InChI=1S/C13H20N2O2S/c1-4-10(2)18(17)9-13(16)15(3)12-7-5-11(14)6-8-12/h5-8,10H,4,9,14H2,1-3H3. The van der Waals surface area contributed by atoms with E-state index in [1.165, 1.54) is 4.90 Å². The number of nitrogens with zero attached hydrogens (tertiary/aromatic N) is 1. The molecule has 18 heavy (non-hydrogen) atoms. The average molecular weight is 268 g/mol. The fourth-order valence-corrected chi connectivity index (χ4v) is 2.48. The molecule has 0 heterocycles. The van der Waals surface area contributed by atoms with Gasteiger partial charge in [0, 0.05) is 34.5 Å². The van der Waals surface area contributed by atoms with Gasteiger partial charge in [-0.15, -0.1) is 0 Å². The molecule has 1 aromatic rings. The van der Waals surface area contributed by atoms with E-state index >= 15 is 0 Å². The number of nitrogen functional groups attached to an aromatic ring is 1. The highest BCUT2D eigenvalue weighted by Gasteiger charge is 2.17. The summed E-state index contributed by atoms with van der Waals surface area (Å²) in [6.07, 6.45) is 0.811. The third kappa shape index (κ3) is 3.84. The maximum Gasteiger partial charge on any atom is 0.239 e. The van der Waals surface area contributed by atoms with Crippen LogP contribution < -0.4 is 10.6 Å². The van der Waals surface area contributed by atoms with Crippen LogP contribution in [0.4, 0.5) is 11.4 Å². The van der Waals surface area contributed by atoms with E-state index in [-0.39, 0.29) is 16.9 Å². The number of rotatable bonds is 5. The molecule has 0 fully saturated rings. The summed E-state index contributed by atoms with van der Waals surface area (Å²) >= 11 is 0. The molecule has 0 aromatic heterocycles. The Kier molecular flexibility index (Phi) is 5.34. The number of hydrogen-bond acceptors (Lipinski definition) is 3. The Labute approximate surface area is 111 Å². The third-order valence-electron chi connectivity index (χ3n) is 2.94. The molecule has 1 rings (SSSR count). The Hall–Kier alpha value is -1.36. The molecular formula is C13H20N2O2S. The Morgan fingerprint density at radius 2 is 1.94 bits per heavy atom. The molecule has 0 aliphatic rings. The molecule has 2 unspecified atom stereocenters. The van der Waals surface area contributed by atoms with E-state index in [0.717, 1.165) is 12.1 Å². The van der Waals surface area contributed by atoms with Gasteiger partial charge in [0.05, 0.1) is 0 Å². The topological polar surface area (TPSA) is 63.4 Å². The van der Waals surface area contributed by atoms with E-state index in [9.17, 15) is 9.00 Å². The highest BCUT2D eigenvalue weighted by Crippen LogP contribution is 2.15. The van der Waals surface area contributed by atoms with Crippen LogP contribution in [-0.4, -0.2) is 28.2 Å². The summed E-state index contributed by atoms with van der Waals surface area (Å²) in [5.41, 5.74) is 7.00. The molecule has 0 aliphatic heterocycles. The maximum absolute atomic E-state index is 12.0. The molecule has 4 nitrogen and oxygen atoms in total. The van der Waals surface area contributed by atoms with Crippen molar-refractivity contribution in [3.8, 4) is 0 Å². The molecular weight excluding hydrogens is 248 g/mol. The molecule has 2 N–H and O–H groups in total. The molecule has 0 saturated heterocycles. The first-order chi connectivity index (χ1) is 8.45. The second-order valence-corrected chi connectivity index (χ2v) is 6.14. The van der Waals surface area contributed by atoms with Gasteiger partial charge in [-0.3, -0.25) is 9.00 Å². The van der Waals surface area contributed by atoms with Crippen LogP contribution in [0, 0.1) is 0 Å². The predicted octanol–water partition coefficient (Wildman–Crippen LogP) is 1.78. The minimum Gasteiger partial charge on any atom is -0.399 e. The van der Waals surface area contributed by atoms with Crippen LogP contribution >= 0.6 is 0 Å². The van der Waals surface area contributed by atoms with Crippen molar-refractivity contribution in [2.24, 2.45) is 0 Å². The van der Waals surface area contributed by atoms with Crippen molar-refractivity contribution in [3.63, 3.8) is 0 Å². The van der Waals surface area contributed by atoms with E-state index in [0.29, 0.717) is 5.69 Å². The molecule has 5 heteroatoms. The second kappa shape index (κ2) is 6.54. The largest absolute Gasteiger partial charge is 0.399 e. The zero-order valence-corrected chi connectivity index (χ0v) is 11.9. The normalized spacial score (nSPS) is 13.9. The zero-order valence-electron chi connectivity index (χ0n) is 11.1. The SMILES string of the molecule is CCC(C)S(=O)CC(=O)N(C)c1ccc(N)cc1. The van der Waals surface area contributed by atoms with Crippen molar-refractivity contribution >= 4 is 28.1 Å². The van der Waals surface area contributed by atoms with Crippen molar-refractivity contribution in [2.45, 2.75) is 25.5 Å². The van der Waals surface area contributed by atoms with Gasteiger partial charge in [-0.05, 0) is 30.7 Å². The Balaban J connectivity index is 2.67. The van der Waals surface area contributed by atoms with Crippen molar-refractivity contribution in [1.82, 2.24) is 0 Å². The van der Waals surface area contributed by atoms with Crippen molar-refractivity contribution in [1.29, 1.82) is 0 Å². The molecule has 0 aliphatic carbocycles. The van der Waals surface area contributed by atoms with Gasteiger partial charge in [0.1, 0.15) is 5.75 Å². The lowest BCUT2D eigenvalue weighted by atomic mass is 10.2. The van der Waals surface area contributed by atoms with Gasteiger partial charge in [-0.25, -0.2) is 0 Å². The number of carbonyl (C=O) groups is 1. The van der Waals surface area contributed by atoms with Gasteiger partial charge >= 0.3 is 0 Å². The number of amides is 1. The number of carbonyl (C=O) groups excluding carboxylic acids is 1. The highest BCUT2D eigenvalue weighted by molar-refractivity contribution is 7.86. The number of benzene rings is 1. The lowest BCUT2D eigenvalue weighted by Crippen LogP contribution is -2.32. The van der Waals surface area contributed by atoms with Crippen LogP contribution in [-0.2, 0) is 15.6 Å². The van der Waals surface area contributed by atoms with Crippen LogP contribution in [0.25, 0.3) is 0 Å². The molecule has 0 bridgehead atoms. The van der Waals surface area contributed by atoms with Crippen LogP contribution in [0.2, 0.25) is 0 Å². The quantitative estimate of drug-likeness (QED) is 0.828. The summed E-state index contributed by atoms with van der Waals surface area (Å²) in [7, 11) is 0.573. The van der Waals surface area contributed by atoms with E-state index in [4.69, 9.17) is 5.73 Å². The fourth-order valence-electron chi connectivity index (χ4n) is 1.39. The molecule has 0 radical (unpaired) electrons. The first-order valence-electron chi connectivity index (χ1n) is 5.95. The van der Waals surface area contributed by atoms with Crippen LogP contribution in [0.5, 0.6) is 0 Å². The Morgan fingerprint density at radius 1 is 1.39 bits per heavy atom. The summed E-state index contributed by atoms with van der Waals surface area (Å²) in [6.45, 7) is 3.86. The molecule has 0 saturated carbocycles. The van der Waals surface area contributed by atoms with E-state index in [1.807, 2.05) is 13.8 Å². The van der Waals surface area contributed by atoms with Gasteiger partial charge in [0.2, 0.25) is 5.91 Å². The smallest absolute Gasteiger partial charge is 0.239 e. The Bertz CT molecular complexity index is 431. The van der Waals surface area contributed by atoms with Crippen LogP contribution in [0.15, 0.2) is 24.3 Å². The van der Waals surface area contributed by atoms with Gasteiger partial charge in [-0.1, -0.05) is 13.8 Å². The van der Waals surface area contributed by atoms with Crippen LogP contribution in [0.1, 0.15) is 20.3 Å². The van der Waals surface area contributed by atoms with Gasteiger partial charge < -0.3 is 10.6 Å². The monoisotopic (exact) mass is 268 g/mol. The third-order valence-corrected chi connectivity index (χ3v) is 4.71. The van der Waals surface area contributed by atoms with E-state index in [1.54, 1.807) is 31.3 Å². The van der Waals surface area contributed by atoms with Crippen molar-refractivity contribution in [3.05, 3.63) is 24.3 Å². The second-order valence-electron chi connectivity index (χ2n) is 4.29. The molecule has 1 aromatic carbocycles. The van der Waals surface area contributed by atoms with E-state index < -0.39 is 10.8 Å². The molecule has 100 valence electrons. The number of hydrogen-bond donors (Lipinski definition) is 1. The maximum atomic E-state index is 12.0. The van der Waals surface area contributed by atoms with Gasteiger partial charge in [0.15, 0.2) is 0 Å². The number of nitrogens with two attached hydrogens (primary N) is 1. The first kappa shape index (κ1) is 14.7. The molecule has 0 spiro atoms. The predicted molar refractivity (Wildman–Crippen MR) is 77.0 cm³/mol. The van der Waals surface area contributed by atoms with Crippen molar-refractivity contribution < 1.29 is 9.00 Å². The summed E-state index contributed by atoms with van der Waals surface area (Å²) in [4.78, 5) is 13.5. The molecule has 1 amide bonds. The fraction of sp³-hybridized carbons (Fsp3) is 0.462. The lowest BCUT2D eigenvalue weighted by molar-refractivity contribution is -0.115. The first-order valence-corrected chi connectivity index (χ1v) is 7.33. The summed E-state index contributed by atoms with van der Waals surface area (Å²) in [5, 5.41) is 0.0498. The van der Waals surface area contributed by atoms with Crippen LogP contribution in [0.3, 0.4) is 0 Å². The minimum atomic E-state index is -1.11. The van der Waals surface area contributed by atoms with Crippen molar-refractivity contribution in [2.75, 3.05) is 23.4 Å². The Morgan fingerprint density at radius 3 is 2.44 bits per heavy atom. The minimum absolute atomic E-state index is 0.0498. The molecule has 2 atom stereocenters. The average Bonchev–Trinajstić information content (AvgIpc) is 2.37. The van der Waals surface area contributed by atoms with Gasteiger partial charge in [0.25, 0.3) is 0 Å².